The molecule has 4 rings (SSSR count). The number of carbonyl (C=O) groups is 3. The van der Waals surface area contributed by atoms with Crippen molar-refractivity contribution < 1.29 is 19.1 Å². The van der Waals surface area contributed by atoms with E-state index in [1.54, 1.807) is 0 Å². The summed E-state index contributed by atoms with van der Waals surface area (Å²) in [6.45, 7) is 3.65. The number of rotatable bonds is 7. The number of nitrogens with zero attached hydrogens (tertiary/aromatic N) is 4. The second kappa shape index (κ2) is 10.0. The summed E-state index contributed by atoms with van der Waals surface area (Å²) in [6, 6.07) is 6.01. The first-order valence-electron chi connectivity index (χ1n) is 11.0. The molecule has 2 heterocycles. The largest absolute Gasteiger partial charge is 0.459 e. The molecule has 0 radical (unpaired) electrons. The zero-order valence-electron chi connectivity index (χ0n) is 19.2. The fourth-order valence-corrected chi connectivity index (χ4v) is 4.21. The van der Waals surface area contributed by atoms with Crippen LogP contribution >= 0.6 is 11.6 Å². The van der Waals surface area contributed by atoms with Gasteiger partial charge < -0.3 is 10.1 Å². The summed E-state index contributed by atoms with van der Waals surface area (Å²) in [5, 5.41) is 9.16. The van der Waals surface area contributed by atoms with Crippen LogP contribution in [0.15, 0.2) is 53.1 Å². The van der Waals surface area contributed by atoms with Gasteiger partial charge >= 0.3 is 12.1 Å². The number of halogens is 1. The number of hydrogen-bond donors (Lipinski definition) is 3. The number of ether oxygens (including phenoxy) is 1. The van der Waals surface area contributed by atoms with Crippen LogP contribution in [0.4, 0.5) is 9.59 Å². The number of nitrogens with two attached hydrogens (primary N) is 1. The highest BCUT2D eigenvalue weighted by Gasteiger charge is 2.45. The van der Waals surface area contributed by atoms with Gasteiger partial charge in [0.1, 0.15) is 5.76 Å². The van der Waals surface area contributed by atoms with Crippen molar-refractivity contribution in [1.82, 2.24) is 25.4 Å². The number of allylic oxidation sites excluding steroid dienone is 3. The molecule has 35 heavy (non-hydrogen) atoms. The Hall–Kier alpha value is -3.48. The Labute approximate surface area is 206 Å². The number of aryl methyl sites for hydroxylation is 1. The lowest BCUT2D eigenvalue weighted by atomic mass is 9.99. The SMILES string of the molecule is Cc1ccc(CN2C(=O)N(CCC(=O)N=O)C(=O)N(N)C2NC2NC3=C(O2)C(C)C(Cl)C=C3)cc1. The summed E-state index contributed by atoms with van der Waals surface area (Å²) in [5.41, 5.74) is 2.59. The molecule has 3 aliphatic rings. The van der Waals surface area contributed by atoms with E-state index in [0.29, 0.717) is 5.76 Å². The van der Waals surface area contributed by atoms with Gasteiger partial charge in [-0.25, -0.2) is 30.7 Å². The molecule has 0 aromatic heterocycles. The predicted molar refractivity (Wildman–Crippen MR) is 126 cm³/mol. The van der Waals surface area contributed by atoms with E-state index in [9.17, 15) is 19.3 Å². The number of hydrogen-bond acceptors (Lipinski definition) is 8. The number of nitrogens with one attached hydrogen (secondary N) is 2. The Morgan fingerprint density at radius 1 is 1.26 bits per heavy atom. The van der Waals surface area contributed by atoms with Gasteiger partial charge in [0, 0.05) is 17.6 Å². The summed E-state index contributed by atoms with van der Waals surface area (Å²) < 4.78 is 5.99. The summed E-state index contributed by atoms with van der Waals surface area (Å²) in [5.74, 6) is 5.75. The van der Waals surface area contributed by atoms with Crippen LogP contribution in [0.1, 0.15) is 24.5 Å². The van der Waals surface area contributed by atoms with Crippen LogP contribution in [0.25, 0.3) is 0 Å². The van der Waals surface area contributed by atoms with Crippen LogP contribution in [-0.2, 0) is 16.1 Å². The number of amides is 5. The van der Waals surface area contributed by atoms with Crippen molar-refractivity contribution in [3.8, 4) is 0 Å². The maximum absolute atomic E-state index is 13.4. The first-order valence-corrected chi connectivity index (χ1v) is 11.5. The summed E-state index contributed by atoms with van der Waals surface area (Å²) in [7, 11) is 0. The number of carbonyl (C=O) groups excluding carboxylic acids is 3. The molecule has 186 valence electrons. The molecule has 2 aliphatic heterocycles. The maximum Gasteiger partial charge on any atom is 0.345 e. The van der Waals surface area contributed by atoms with Crippen molar-refractivity contribution in [2.24, 2.45) is 16.9 Å². The minimum Gasteiger partial charge on any atom is -0.459 e. The summed E-state index contributed by atoms with van der Waals surface area (Å²) >= 11 is 6.31. The molecule has 1 aromatic rings. The molecule has 13 heteroatoms. The van der Waals surface area contributed by atoms with E-state index in [2.05, 4.69) is 15.8 Å². The minimum atomic E-state index is -1.09. The average Bonchev–Trinajstić information content (AvgIpc) is 3.26. The number of imide groups is 1. The van der Waals surface area contributed by atoms with Crippen molar-refractivity contribution >= 4 is 29.6 Å². The molecule has 0 saturated carbocycles. The van der Waals surface area contributed by atoms with Crippen molar-refractivity contribution in [2.75, 3.05) is 6.54 Å². The predicted octanol–water partition coefficient (Wildman–Crippen LogP) is 2.01. The molecular formula is C22H26ClN7O5. The van der Waals surface area contributed by atoms with E-state index in [1.165, 1.54) is 4.90 Å². The highest BCUT2D eigenvalue weighted by molar-refractivity contribution is 6.22. The Bertz CT molecular complexity index is 1090. The Morgan fingerprint density at radius 3 is 2.66 bits per heavy atom. The number of nitroso groups, excluding NO2 is 1. The third kappa shape index (κ3) is 4.99. The fourth-order valence-electron chi connectivity index (χ4n) is 4.02. The third-order valence-corrected chi connectivity index (χ3v) is 6.57. The molecule has 0 bridgehead atoms. The molecule has 1 saturated heterocycles. The van der Waals surface area contributed by atoms with Gasteiger partial charge in [-0.05, 0) is 18.6 Å². The standard InChI is InChI=1S/C22H26ClN7O5/c1-12-3-5-14(6-4-12)11-29-20(26-19-25-16-8-7-15(23)13(2)18(16)35-19)30(24)22(33)28(21(29)32)10-9-17(31)27-34/h3-8,13,15,19-20,25-26H,9-11,24H2,1-2H3. The molecule has 4 unspecified atom stereocenters. The monoisotopic (exact) mass is 503 g/mol. The smallest absolute Gasteiger partial charge is 0.345 e. The lowest BCUT2D eigenvalue weighted by Gasteiger charge is -2.45. The van der Waals surface area contributed by atoms with Gasteiger partial charge in [-0.15, -0.1) is 16.5 Å². The Morgan fingerprint density at radius 2 is 1.97 bits per heavy atom. The molecule has 5 amide bonds. The first-order chi connectivity index (χ1) is 16.7. The number of hydrazine groups is 1. The maximum atomic E-state index is 13.4. The average molecular weight is 504 g/mol. The minimum absolute atomic E-state index is 0.0808. The number of alkyl halides is 1. The number of benzene rings is 1. The molecule has 4 N–H and O–H groups in total. The second-order valence-corrected chi connectivity index (χ2v) is 9.03. The van der Waals surface area contributed by atoms with E-state index in [1.807, 2.05) is 50.3 Å². The molecule has 0 spiro atoms. The summed E-state index contributed by atoms with van der Waals surface area (Å²) in [4.78, 5) is 50.3. The topological polar surface area (TPSA) is 150 Å². The van der Waals surface area contributed by atoms with E-state index < -0.39 is 37.0 Å². The quantitative estimate of drug-likeness (QED) is 0.221. The number of urea groups is 2. The normalized spacial score (nSPS) is 26.0. The van der Waals surface area contributed by atoms with Gasteiger partial charge in [-0.3, -0.25) is 9.69 Å². The van der Waals surface area contributed by atoms with Gasteiger partial charge in [0.2, 0.25) is 6.35 Å². The van der Waals surface area contributed by atoms with E-state index in [-0.39, 0.29) is 24.4 Å². The lowest BCUT2D eigenvalue weighted by Crippen LogP contribution is -2.73. The van der Waals surface area contributed by atoms with Gasteiger partial charge in [-0.1, -0.05) is 42.8 Å². The molecular weight excluding hydrogens is 478 g/mol. The zero-order chi connectivity index (χ0) is 25.3. The molecule has 1 aromatic carbocycles. The van der Waals surface area contributed by atoms with E-state index in [0.717, 1.165) is 26.7 Å². The van der Waals surface area contributed by atoms with Gasteiger partial charge in [-0.2, -0.15) is 0 Å². The zero-order valence-corrected chi connectivity index (χ0v) is 19.9. The van der Waals surface area contributed by atoms with Crippen LogP contribution in [0, 0.1) is 17.7 Å². The Kier molecular flexibility index (Phi) is 7.05. The second-order valence-electron chi connectivity index (χ2n) is 8.53. The molecule has 1 fully saturated rings. The van der Waals surface area contributed by atoms with Gasteiger partial charge in [0.25, 0.3) is 5.91 Å². The Balaban J connectivity index is 1.56. The van der Waals surface area contributed by atoms with Crippen molar-refractivity contribution in [3.63, 3.8) is 0 Å². The first kappa shape index (κ1) is 24.6. The third-order valence-electron chi connectivity index (χ3n) is 6.05. The van der Waals surface area contributed by atoms with Crippen molar-refractivity contribution in [3.05, 3.63) is 63.9 Å². The van der Waals surface area contributed by atoms with Gasteiger partial charge in [0.15, 0.2) is 6.29 Å². The van der Waals surface area contributed by atoms with Crippen LogP contribution in [0.5, 0.6) is 0 Å². The van der Waals surface area contributed by atoms with Gasteiger partial charge in [0.05, 0.1) is 24.0 Å². The molecule has 12 nitrogen and oxygen atoms in total. The highest BCUT2D eigenvalue weighted by atomic mass is 35.5. The summed E-state index contributed by atoms with van der Waals surface area (Å²) in [6.07, 6.45) is 1.38. The van der Waals surface area contributed by atoms with Crippen LogP contribution in [-0.4, -0.2) is 57.3 Å². The lowest BCUT2D eigenvalue weighted by molar-refractivity contribution is -0.118. The van der Waals surface area contributed by atoms with Crippen molar-refractivity contribution in [1.29, 1.82) is 0 Å². The van der Waals surface area contributed by atoms with Crippen molar-refractivity contribution in [2.45, 2.75) is 44.8 Å². The van der Waals surface area contributed by atoms with E-state index >= 15 is 0 Å². The molecule has 1 aliphatic carbocycles. The van der Waals surface area contributed by atoms with E-state index in [4.69, 9.17) is 22.2 Å². The fraction of sp³-hybridized carbons (Fsp3) is 0.409. The molecule has 4 atom stereocenters. The van der Waals surface area contributed by atoms with Crippen LogP contribution in [0.2, 0.25) is 0 Å². The highest BCUT2D eigenvalue weighted by Crippen LogP contribution is 2.33. The van der Waals surface area contributed by atoms with Crippen LogP contribution < -0.4 is 16.5 Å². The van der Waals surface area contributed by atoms with Crippen LogP contribution in [0.3, 0.4) is 0 Å².